The molecule has 6 heteroatoms. The van der Waals surface area contributed by atoms with E-state index in [-0.39, 0.29) is 12.2 Å². The predicted octanol–water partition coefficient (Wildman–Crippen LogP) is 0.181. The van der Waals surface area contributed by atoms with Crippen LogP contribution in [0.2, 0.25) is 0 Å². The van der Waals surface area contributed by atoms with Crippen molar-refractivity contribution in [3.63, 3.8) is 0 Å². The standard InChI is InChI=1S/C9H20O5S/c1-4-13-9(14-5-2)8(10)6-7-15(3,11)12/h8-10H,4-7H2,1-3H3. The molecule has 0 bridgehead atoms. The first kappa shape index (κ1) is 14.8. The minimum absolute atomic E-state index is 0.0647. The van der Waals surface area contributed by atoms with Crippen LogP contribution >= 0.6 is 0 Å². The van der Waals surface area contributed by atoms with Crippen LogP contribution in [0.4, 0.5) is 0 Å². The molecular weight excluding hydrogens is 220 g/mol. The third-order valence-electron chi connectivity index (χ3n) is 1.76. The van der Waals surface area contributed by atoms with E-state index < -0.39 is 22.2 Å². The molecule has 0 aliphatic rings. The smallest absolute Gasteiger partial charge is 0.183 e. The molecule has 0 aliphatic carbocycles. The van der Waals surface area contributed by atoms with Gasteiger partial charge < -0.3 is 14.6 Å². The van der Waals surface area contributed by atoms with Crippen LogP contribution in [0, 0.1) is 0 Å². The van der Waals surface area contributed by atoms with Crippen molar-refractivity contribution in [2.45, 2.75) is 32.7 Å². The minimum Gasteiger partial charge on any atom is -0.388 e. The number of aliphatic hydroxyl groups is 1. The molecule has 0 radical (unpaired) electrons. The molecule has 0 saturated carbocycles. The number of hydrogen-bond donors (Lipinski definition) is 1. The molecule has 15 heavy (non-hydrogen) atoms. The Kier molecular flexibility index (Phi) is 7.08. The molecular formula is C9H20O5S. The van der Waals surface area contributed by atoms with Crippen molar-refractivity contribution in [1.29, 1.82) is 0 Å². The van der Waals surface area contributed by atoms with Gasteiger partial charge in [-0.1, -0.05) is 0 Å². The summed E-state index contributed by atoms with van der Waals surface area (Å²) in [6, 6.07) is 0. The van der Waals surface area contributed by atoms with Gasteiger partial charge in [0, 0.05) is 19.5 Å². The summed E-state index contributed by atoms with van der Waals surface area (Å²) in [5, 5.41) is 9.62. The van der Waals surface area contributed by atoms with E-state index in [2.05, 4.69) is 0 Å². The van der Waals surface area contributed by atoms with Gasteiger partial charge in [-0.3, -0.25) is 0 Å². The zero-order valence-corrected chi connectivity index (χ0v) is 10.3. The highest BCUT2D eigenvalue weighted by Crippen LogP contribution is 2.07. The largest absolute Gasteiger partial charge is 0.388 e. The number of sulfone groups is 1. The number of aliphatic hydroxyl groups excluding tert-OH is 1. The van der Waals surface area contributed by atoms with Gasteiger partial charge in [0.05, 0.1) is 5.75 Å². The van der Waals surface area contributed by atoms with E-state index in [4.69, 9.17) is 9.47 Å². The van der Waals surface area contributed by atoms with Gasteiger partial charge in [0.25, 0.3) is 0 Å². The van der Waals surface area contributed by atoms with Crippen LogP contribution < -0.4 is 0 Å². The van der Waals surface area contributed by atoms with E-state index in [1.165, 1.54) is 0 Å². The van der Waals surface area contributed by atoms with Crippen molar-refractivity contribution in [1.82, 2.24) is 0 Å². The average Bonchev–Trinajstić information content (AvgIpc) is 2.13. The van der Waals surface area contributed by atoms with Gasteiger partial charge in [-0.25, -0.2) is 8.42 Å². The Labute approximate surface area is 91.3 Å². The first-order valence-electron chi connectivity index (χ1n) is 4.99. The summed E-state index contributed by atoms with van der Waals surface area (Å²) < 4.78 is 32.0. The molecule has 0 fully saturated rings. The van der Waals surface area contributed by atoms with Gasteiger partial charge in [-0.15, -0.1) is 0 Å². The van der Waals surface area contributed by atoms with Crippen LogP contribution in [-0.2, 0) is 19.3 Å². The summed E-state index contributed by atoms with van der Waals surface area (Å²) in [5.41, 5.74) is 0. The summed E-state index contributed by atoms with van der Waals surface area (Å²) >= 11 is 0. The Bertz CT molecular complexity index is 243. The second kappa shape index (κ2) is 7.16. The summed E-state index contributed by atoms with van der Waals surface area (Å²) in [6.07, 6.45) is -0.374. The third kappa shape index (κ3) is 7.72. The Morgan fingerprint density at radius 1 is 1.20 bits per heavy atom. The maximum atomic E-state index is 10.9. The first-order valence-corrected chi connectivity index (χ1v) is 7.05. The van der Waals surface area contributed by atoms with E-state index in [1.807, 2.05) is 0 Å². The molecule has 1 N–H and O–H groups in total. The minimum atomic E-state index is -3.05. The van der Waals surface area contributed by atoms with E-state index >= 15 is 0 Å². The molecule has 0 saturated heterocycles. The van der Waals surface area contributed by atoms with E-state index in [9.17, 15) is 13.5 Å². The van der Waals surface area contributed by atoms with Crippen LogP contribution in [0.3, 0.4) is 0 Å². The maximum absolute atomic E-state index is 10.9. The Morgan fingerprint density at radius 3 is 2.00 bits per heavy atom. The molecule has 0 amide bonds. The molecule has 92 valence electrons. The van der Waals surface area contributed by atoms with E-state index in [0.29, 0.717) is 13.2 Å². The molecule has 0 aromatic rings. The Balaban J connectivity index is 4.07. The second-order valence-corrected chi connectivity index (χ2v) is 5.52. The van der Waals surface area contributed by atoms with Crippen LogP contribution in [-0.4, -0.2) is 51.1 Å². The lowest BCUT2D eigenvalue weighted by atomic mass is 10.3. The highest BCUT2D eigenvalue weighted by atomic mass is 32.2. The summed E-state index contributed by atoms with van der Waals surface area (Å²) in [5.74, 6) is -0.0647. The zero-order chi connectivity index (χ0) is 11.9. The van der Waals surface area contributed by atoms with Gasteiger partial charge in [0.1, 0.15) is 15.9 Å². The lowest BCUT2D eigenvalue weighted by Gasteiger charge is -2.22. The topological polar surface area (TPSA) is 72.8 Å². The van der Waals surface area contributed by atoms with Gasteiger partial charge in [0.15, 0.2) is 6.29 Å². The van der Waals surface area contributed by atoms with Crippen molar-refractivity contribution in [3.8, 4) is 0 Å². The SMILES string of the molecule is CCOC(OCC)C(O)CCS(C)(=O)=O. The molecule has 5 nitrogen and oxygen atoms in total. The van der Waals surface area contributed by atoms with E-state index in [0.717, 1.165) is 6.26 Å². The van der Waals surface area contributed by atoms with Crippen LogP contribution in [0.25, 0.3) is 0 Å². The summed E-state index contributed by atoms with van der Waals surface area (Å²) in [4.78, 5) is 0. The number of ether oxygens (including phenoxy) is 2. The van der Waals surface area contributed by atoms with Crippen molar-refractivity contribution in [2.24, 2.45) is 0 Å². The van der Waals surface area contributed by atoms with Crippen molar-refractivity contribution in [2.75, 3.05) is 25.2 Å². The van der Waals surface area contributed by atoms with E-state index in [1.54, 1.807) is 13.8 Å². The lowest BCUT2D eigenvalue weighted by Crippen LogP contribution is -2.33. The zero-order valence-electron chi connectivity index (χ0n) is 9.47. The van der Waals surface area contributed by atoms with Crippen molar-refractivity contribution < 1.29 is 23.0 Å². The van der Waals surface area contributed by atoms with Gasteiger partial charge in [-0.2, -0.15) is 0 Å². The van der Waals surface area contributed by atoms with Gasteiger partial charge in [-0.05, 0) is 20.3 Å². The highest BCUT2D eigenvalue weighted by molar-refractivity contribution is 7.90. The van der Waals surface area contributed by atoms with Crippen LogP contribution in [0.1, 0.15) is 20.3 Å². The van der Waals surface area contributed by atoms with Gasteiger partial charge >= 0.3 is 0 Å². The second-order valence-electron chi connectivity index (χ2n) is 3.26. The fourth-order valence-corrected chi connectivity index (χ4v) is 1.74. The molecule has 0 spiro atoms. The number of rotatable bonds is 8. The Hall–Kier alpha value is -0.170. The summed E-state index contributed by atoms with van der Waals surface area (Å²) in [6.45, 7) is 4.41. The molecule has 1 unspecified atom stereocenters. The first-order chi connectivity index (χ1) is 6.90. The third-order valence-corrected chi connectivity index (χ3v) is 2.74. The average molecular weight is 240 g/mol. The fraction of sp³-hybridized carbons (Fsp3) is 1.00. The number of hydrogen-bond acceptors (Lipinski definition) is 5. The molecule has 1 atom stereocenters. The summed E-state index contributed by atoms with van der Waals surface area (Å²) in [7, 11) is -3.05. The molecule has 0 aromatic carbocycles. The molecule has 0 aromatic heterocycles. The monoisotopic (exact) mass is 240 g/mol. The lowest BCUT2D eigenvalue weighted by molar-refractivity contribution is -0.189. The fourth-order valence-electron chi connectivity index (χ4n) is 1.07. The van der Waals surface area contributed by atoms with Crippen LogP contribution in [0.15, 0.2) is 0 Å². The van der Waals surface area contributed by atoms with Gasteiger partial charge in [0.2, 0.25) is 0 Å². The molecule has 0 rings (SSSR count). The quantitative estimate of drug-likeness (QED) is 0.613. The molecule has 0 heterocycles. The predicted molar refractivity (Wildman–Crippen MR) is 57.4 cm³/mol. The van der Waals surface area contributed by atoms with Crippen molar-refractivity contribution in [3.05, 3.63) is 0 Å². The van der Waals surface area contributed by atoms with Crippen molar-refractivity contribution >= 4 is 9.84 Å². The highest BCUT2D eigenvalue weighted by Gasteiger charge is 2.20. The van der Waals surface area contributed by atoms with Crippen LogP contribution in [0.5, 0.6) is 0 Å². The normalized spacial score (nSPS) is 14.5. The molecule has 0 aliphatic heterocycles. The Morgan fingerprint density at radius 2 is 1.67 bits per heavy atom. The maximum Gasteiger partial charge on any atom is 0.183 e.